The van der Waals surface area contributed by atoms with E-state index in [1.807, 2.05) is 20.8 Å². The third kappa shape index (κ3) is 5.82. The van der Waals surface area contributed by atoms with Gasteiger partial charge in [0.05, 0.1) is 18.4 Å². The quantitative estimate of drug-likeness (QED) is 0.506. The van der Waals surface area contributed by atoms with Gasteiger partial charge < -0.3 is 10.4 Å². The molecule has 0 saturated heterocycles. The summed E-state index contributed by atoms with van der Waals surface area (Å²) >= 11 is 0. The number of phenolic OH excluding ortho intramolecular Hbond substituents is 1. The molecule has 3 N–H and O–H groups in total. The highest BCUT2D eigenvalue weighted by Crippen LogP contribution is 2.37. The fraction of sp³-hybridized carbons (Fsp3) is 0.300. The smallest absolute Gasteiger partial charge is 0.229 e. The Morgan fingerprint density at radius 3 is 2.43 bits per heavy atom. The van der Waals surface area contributed by atoms with Gasteiger partial charge in [-0.1, -0.05) is 32.9 Å². The van der Waals surface area contributed by atoms with E-state index in [-0.39, 0.29) is 17.9 Å². The van der Waals surface area contributed by atoms with Crippen LogP contribution in [0.1, 0.15) is 42.3 Å². The van der Waals surface area contributed by atoms with Gasteiger partial charge in [-0.25, -0.2) is 8.42 Å². The summed E-state index contributed by atoms with van der Waals surface area (Å²) < 4.78 is 25.0. The Hall–Kier alpha value is -2.87. The van der Waals surface area contributed by atoms with Gasteiger partial charge in [-0.15, -0.1) is 0 Å². The van der Waals surface area contributed by atoms with E-state index in [0.29, 0.717) is 28.7 Å². The van der Waals surface area contributed by atoms with Crippen molar-refractivity contribution in [3.8, 4) is 5.75 Å². The molecule has 7 nitrogen and oxygen atoms in total. The third-order valence-corrected chi connectivity index (χ3v) is 4.55. The second-order valence-electron chi connectivity index (χ2n) is 7.63. The first-order valence-corrected chi connectivity index (χ1v) is 10.5. The molecular weight excluding hydrogens is 380 g/mol. The van der Waals surface area contributed by atoms with Crippen LogP contribution in [0.25, 0.3) is 0 Å². The van der Waals surface area contributed by atoms with Gasteiger partial charge in [0.2, 0.25) is 15.9 Å². The molecule has 0 spiro atoms. The number of aromatic hydroxyl groups is 1. The zero-order valence-corrected chi connectivity index (χ0v) is 17.1. The molecule has 0 aliphatic carbocycles. The van der Waals surface area contributed by atoms with Gasteiger partial charge in [0, 0.05) is 16.8 Å². The summed E-state index contributed by atoms with van der Waals surface area (Å²) in [7, 11) is -3.42. The molecule has 0 aliphatic rings. The highest BCUT2D eigenvalue weighted by Gasteiger charge is 2.22. The molecule has 8 heteroatoms. The number of benzene rings is 2. The lowest BCUT2D eigenvalue weighted by atomic mass is 9.85. The molecule has 0 aromatic heterocycles. The summed E-state index contributed by atoms with van der Waals surface area (Å²) in [6.45, 7) is 5.67. The van der Waals surface area contributed by atoms with E-state index in [9.17, 15) is 23.1 Å². The number of carbonyl (C=O) groups excluding carboxylic acids is 2. The minimum absolute atomic E-state index is 0.0328. The molecule has 150 valence electrons. The van der Waals surface area contributed by atoms with Crippen LogP contribution in [0.15, 0.2) is 36.4 Å². The largest absolute Gasteiger partial charge is 0.505 e. The van der Waals surface area contributed by atoms with Crippen LogP contribution in [0.4, 0.5) is 11.4 Å². The summed E-state index contributed by atoms with van der Waals surface area (Å²) in [6.07, 6.45) is 1.67. The third-order valence-electron chi connectivity index (χ3n) is 3.95. The first-order chi connectivity index (χ1) is 12.9. The number of carbonyl (C=O) groups is 2. The Balaban J connectivity index is 2.24. The molecule has 0 unspecified atom stereocenters. The normalized spacial score (nSPS) is 11.7. The SMILES string of the molecule is CC(C)(C)c1cc(C=O)cc(NC(=O)Cc2cccc(NS(C)(=O)=O)c2)c1O. The van der Waals surface area contributed by atoms with E-state index in [1.54, 1.807) is 30.3 Å². The maximum Gasteiger partial charge on any atom is 0.229 e. The second kappa shape index (κ2) is 8.02. The summed E-state index contributed by atoms with van der Waals surface area (Å²) in [4.78, 5) is 23.7. The molecule has 0 fully saturated rings. The summed E-state index contributed by atoms with van der Waals surface area (Å²) in [5.41, 5.74) is 1.57. The van der Waals surface area contributed by atoms with Crippen LogP contribution < -0.4 is 10.0 Å². The Bertz CT molecular complexity index is 1010. The maximum absolute atomic E-state index is 12.4. The Kier molecular flexibility index (Phi) is 6.14. The number of phenols is 1. The zero-order valence-electron chi connectivity index (χ0n) is 16.2. The van der Waals surface area contributed by atoms with Crippen molar-refractivity contribution in [2.24, 2.45) is 0 Å². The topological polar surface area (TPSA) is 113 Å². The molecule has 2 aromatic rings. The van der Waals surface area contributed by atoms with Crippen LogP contribution in [0.3, 0.4) is 0 Å². The van der Waals surface area contributed by atoms with E-state index in [2.05, 4.69) is 10.0 Å². The van der Waals surface area contributed by atoms with E-state index >= 15 is 0 Å². The molecular formula is C20H24N2O5S. The summed E-state index contributed by atoms with van der Waals surface area (Å²) in [5.74, 6) is -0.492. The van der Waals surface area contributed by atoms with E-state index in [4.69, 9.17) is 0 Å². The standard InChI is InChI=1S/C20H24N2O5S/c1-20(2,3)16-9-14(12-23)10-17(19(16)25)21-18(24)11-13-6-5-7-15(8-13)22-28(4,26)27/h5-10,12,22,25H,11H2,1-4H3,(H,21,24). The number of anilines is 2. The van der Waals surface area contributed by atoms with Crippen LogP contribution in [0, 0.1) is 0 Å². The molecule has 2 aromatic carbocycles. The summed E-state index contributed by atoms with van der Waals surface area (Å²) in [5, 5.41) is 13.2. The highest BCUT2D eigenvalue weighted by molar-refractivity contribution is 7.92. The number of nitrogens with one attached hydrogen (secondary N) is 2. The van der Waals surface area contributed by atoms with Crippen molar-refractivity contribution in [3.05, 3.63) is 53.1 Å². The van der Waals surface area contributed by atoms with E-state index in [0.717, 1.165) is 6.26 Å². The zero-order chi connectivity index (χ0) is 21.1. The van der Waals surface area contributed by atoms with E-state index < -0.39 is 21.3 Å². The molecule has 0 bridgehead atoms. The molecule has 2 rings (SSSR count). The van der Waals surface area contributed by atoms with Crippen LogP contribution in [0.5, 0.6) is 5.75 Å². The van der Waals surface area contributed by atoms with Crippen molar-refractivity contribution in [3.63, 3.8) is 0 Å². The first-order valence-electron chi connectivity index (χ1n) is 8.58. The van der Waals surface area contributed by atoms with Crippen molar-refractivity contribution in [2.45, 2.75) is 32.6 Å². The minimum Gasteiger partial charge on any atom is -0.505 e. The van der Waals surface area contributed by atoms with E-state index in [1.165, 1.54) is 6.07 Å². The molecule has 0 radical (unpaired) electrons. The Morgan fingerprint density at radius 1 is 1.18 bits per heavy atom. The van der Waals surface area contributed by atoms with Crippen molar-refractivity contribution in [2.75, 3.05) is 16.3 Å². The predicted octanol–water partition coefficient (Wildman–Crippen LogP) is 3.05. The van der Waals surface area contributed by atoms with Gasteiger partial charge in [0.15, 0.2) is 0 Å². The number of amides is 1. The van der Waals surface area contributed by atoms with Crippen molar-refractivity contribution >= 4 is 33.6 Å². The lowest BCUT2D eigenvalue weighted by molar-refractivity contribution is -0.115. The molecule has 1 amide bonds. The van der Waals surface area contributed by atoms with Gasteiger partial charge in [0.1, 0.15) is 12.0 Å². The lowest BCUT2D eigenvalue weighted by Gasteiger charge is -2.22. The van der Waals surface area contributed by atoms with Crippen LogP contribution >= 0.6 is 0 Å². The van der Waals surface area contributed by atoms with Crippen LogP contribution in [0.2, 0.25) is 0 Å². The van der Waals surface area contributed by atoms with Gasteiger partial charge in [-0.2, -0.15) is 0 Å². The lowest BCUT2D eigenvalue weighted by Crippen LogP contribution is -2.17. The van der Waals surface area contributed by atoms with Gasteiger partial charge in [-0.05, 0) is 35.2 Å². The number of sulfonamides is 1. The summed E-state index contributed by atoms with van der Waals surface area (Å²) in [6, 6.07) is 9.48. The average Bonchev–Trinajstić information content (AvgIpc) is 2.54. The monoisotopic (exact) mass is 404 g/mol. The van der Waals surface area contributed by atoms with Crippen molar-refractivity contribution in [1.29, 1.82) is 0 Å². The molecule has 0 heterocycles. The van der Waals surface area contributed by atoms with Gasteiger partial charge in [-0.3, -0.25) is 14.3 Å². The fourth-order valence-electron chi connectivity index (χ4n) is 2.73. The van der Waals surface area contributed by atoms with Gasteiger partial charge in [0.25, 0.3) is 0 Å². The second-order valence-corrected chi connectivity index (χ2v) is 9.38. The number of rotatable bonds is 6. The van der Waals surface area contributed by atoms with Crippen LogP contribution in [-0.2, 0) is 26.7 Å². The predicted molar refractivity (Wildman–Crippen MR) is 109 cm³/mol. The Morgan fingerprint density at radius 2 is 1.86 bits per heavy atom. The molecule has 0 aliphatic heterocycles. The van der Waals surface area contributed by atoms with Crippen molar-refractivity contribution < 1.29 is 23.1 Å². The molecule has 0 atom stereocenters. The number of hydrogen-bond acceptors (Lipinski definition) is 5. The number of aldehydes is 1. The Labute approximate surface area is 164 Å². The van der Waals surface area contributed by atoms with Crippen LogP contribution in [-0.4, -0.2) is 32.0 Å². The highest BCUT2D eigenvalue weighted by atomic mass is 32.2. The van der Waals surface area contributed by atoms with Gasteiger partial charge >= 0.3 is 0 Å². The maximum atomic E-state index is 12.4. The number of hydrogen-bond donors (Lipinski definition) is 3. The average molecular weight is 404 g/mol. The van der Waals surface area contributed by atoms with Crippen molar-refractivity contribution in [1.82, 2.24) is 0 Å². The fourth-order valence-corrected chi connectivity index (χ4v) is 3.29. The molecule has 0 saturated carbocycles. The molecule has 28 heavy (non-hydrogen) atoms. The first kappa shape index (κ1) is 21.4. The minimum atomic E-state index is -3.42.